The molecule has 0 aliphatic carbocycles. The standard InChI is InChI=1S/C34H35ClF3N11O3S2/c1-19-15-34(50,48-18-27(44-46-48)26-5-3-4-9-40-26)16-20(2)49(19)54(51,52)45-22-14-28-29(25(39)8-10-42-33(37)38)30(23-7-6-21(36)13-24(23)35)43-31(47(28)17-22)32-41-11-12-53-32/h3-13,18-20,22,30,33,39,42,45,50H,14-17H2,1-2H3/b10-8-,39-25?/t19-,20?,22-,30-,34-/m0/s1. The van der Waals surface area contributed by atoms with Gasteiger partial charge < -0.3 is 20.7 Å². The first kappa shape index (κ1) is 37.8. The number of hydrogen-bond acceptors (Lipinski definition) is 12. The lowest BCUT2D eigenvalue weighted by Crippen LogP contribution is -2.60. The molecule has 7 rings (SSSR count). The molecule has 2 fully saturated rings. The van der Waals surface area contributed by atoms with E-state index in [9.17, 15) is 26.7 Å². The second kappa shape index (κ2) is 15.0. The number of aliphatic hydroxyl groups is 1. The van der Waals surface area contributed by atoms with Crippen molar-refractivity contribution in [2.75, 3.05) is 6.54 Å². The fourth-order valence-electron chi connectivity index (χ4n) is 7.43. The van der Waals surface area contributed by atoms with Gasteiger partial charge in [-0.05, 0) is 44.2 Å². The molecule has 284 valence electrons. The van der Waals surface area contributed by atoms with E-state index in [2.05, 4.69) is 25.0 Å². The largest absolute Gasteiger partial charge is 0.369 e. The van der Waals surface area contributed by atoms with Gasteiger partial charge in [-0.2, -0.15) is 26.2 Å². The van der Waals surface area contributed by atoms with Gasteiger partial charge in [-0.3, -0.25) is 9.98 Å². The molecule has 14 nitrogen and oxygen atoms in total. The van der Waals surface area contributed by atoms with Gasteiger partial charge in [-0.15, -0.1) is 16.4 Å². The first-order chi connectivity index (χ1) is 25.7. The Morgan fingerprint density at radius 1 is 1.15 bits per heavy atom. The molecule has 3 aromatic heterocycles. The average molecular weight is 802 g/mol. The Labute approximate surface area is 317 Å². The fraction of sp³-hybridized carbons (Fsp3) is 0.353. The van der Waals surface area contributed by atoms with E-state index in [1.165, 1.54) is 32.5 Å². The Bertz CT molecular complexity index is 2220. The Balaban J connectivity index is 1.18. The summed E-state index contributed by atoms with van der Waals surface area (Å²) in [6.45, 7) is 0.649. The van der Waals surface area contributed by atoms with Crippen LogP contribution in [0.1, 0.15) is 49.7 Å². The molecule has 1 unspecified atom stereocenters. The van der Waals surface area contributed by atoms with Gasteiger partial charge in [-0.1, -0.05) is 28.9 Å². The highest BCUT2D eigenvalue weighted by Crippen LogP contribution is 2.43. The zero-order valence-electron chi connectivity index (χ0n) is 28.8. The average Bonchev–Trinajstić information content (AvgIpc) is 3.89. The number of alkyl halides is 2. The summed E-state index contributed by atoms with van der Waals surface area (Å²) >= 11 is 7.83. The molecule has 6 heterocycles. The summed E-state index contributed by atoms with van der Waals surface area (Å²) in [6, 6.07) is 6.09. The van der Waals surface area contributed by atoms with Gasteiger partial charge in [0.15, 0.2) is 16.6 Å². The second-order valence-corrected chi connectivity index (χ2v) is 16.2. The van der Waals surface area contributed by atoms with Crippen LogP contribution in [0.4, 0.5) is 13.2 Å². The summed E-state index contributed by atoms with van der Waals surface area (Å²) in [6.07, 6.45) is 7.04. The van der Waals surface area contributed by atoms with Crippen molar-refractivity contribution < 1.29 is 26.7 Å². The zero-order valence-corrected chi connectivity index (χ0v) is 31.2. The van der Waals surface area contributed by atoms with E-state index in [1.807, 2.05) is 11.4 Å². The van der Waals surface area contributed by atoms with Crippen LogP contribution in [0.3, 0.4) is 0 Å². The molecular formula is C34H35ClF3N11O3S2. The molecule has 4 aromatic rings. The summed E-state index contributed by atoms with van der Waals surface area (Å²) in [5, 5.41) is 33.2. The van der Waals surface area contributed by atoms with Crippen molar-refractivity contribution in [3.05, 3.63) is 105 Å². The number of aliphatic imine (C=N–C) groups is 1. The van der Waals surface area contributed by atoms with Gasteiger partial charge in [0.2, 0.25) is 0 Å². The van der Waals surface area contributed by atoms with E-state index in [-0.39, 0.29) is 42.1 Å². The van der Waals surface area contributed by atoms with E-state index in [4.69, 9.17) is 22.0 Å². The number of amidine groups is 1. The van der Waals surface area contributed by atoms with Crippen LogP contribution in [0.25, 0.3) is 11.4 Å². The Kier molecular flexibility index (Phi) is 10.5. The van der Waals surface area contributed by atoms with E-state index in [1.54, 1.807) is 54.9 Å². The number of benzene rings is 1. The molecule has 0 amide bonds. The predicted octanol–water partition coefficient (Wildman–Crippen LogP) is 4.82. The summed E-state index contributed by atoms with van der Waals surface area (Å²) < 4.78 is 74.1. The topological polar surface area (TPSA) is 178 Å². The van der Waals surface area contributed by atoms with E-state index in [0.717, 1.165) is 18.3 Å². The van der Waals surface area contributed by atoms with Crippen LogP contribution in [0, 0.1) is 11.2 Å². The highest BCUT2D eigenvalue weighted by molar-refractivity contribution is 7.87. The Morgan fingerprint density at radius 2 is 1.93 bits per heavy atom. The van der Waals surface area contributed by atoms with Crippen LogP contribution in [-0.2, 0) is 15.9 Å². The van der Waals surface area contributed by atoms with Gasteiger partial charge in [0.1, 0.15) is 17.6 Å². The van der Waals surface area contributed by atoms with Crippen LogP contribution in [0.15, 0.2) is 88.9 Å². The molecule has 54 heavy (non-hydrogen) atoms. The molecular weight excluding hydrogens is 767 g/mol. The molecule has 0 saturated carbocycles. The van der Waals surface area contributed by atoms with E-state index in [0.29, 0.717) is 33.5 Å². The smallest absolute Gasteiger partial charge is 0.312 e. The van der Waals surface area contributed by atoms with E-state index >= 15 is 0 Å². The Morgan fingerprint density at radius 3 is 2.59 bits per heavy atom. The third-order valence-electron chi connectivity index (χ3n) is 9.46. The highest BCUT2D eigenvalue weighted by Gasteiger charge is 2.49. The lowest BCUT2D eigenvalue weighted by Gasteiger charge is -2.45. The molecule has 0 radical (unpaired) electrons. The van der Waals surface area contributed by atoms with Crippen molar-refractivity contribution in [1.29, 1.82) is 5.41 Å². The van der Waals surface area contributed by atoms with Gasteiger partial charge in [0.25, 0.3) is 10.2 Å². The monoisotopic (exact) mass is 801 g/mol. The van der Waals surface area contributed by atoms with Crippen molar-refractivity contribution in [2.24, 2.45) is 4.99 Å². The highest BCUT2D eigenvalue weighted by atomic mass is 35.5. The normalized spacial score (nSPS) is 25.0. The number of nitrogens with one attached hydrogen (secondary N) is 3. The summed E-state index contributed by atoms with van der Waals surface area (Å²) in [7, 11) is -4.20. The summed E-state index contributed by atoms with van der Waals surface area (Å²) in [5.41, 5.74) is 0.476. The molecule has 3 aliphatic rings. The minimum absolute atomic E-state index is 0.0203. The lowest BCUT2D eigenvalue weighted by atomic mass is 9.91. The van der Waals surface area contributed by atoms with Gasteiger partial charge in [0, 0.05) is 89.8 Å². The van der Waals surface area contributed by atoms with Gasteiger partial charge in [-0.25, -0.2) is 14.1 Å². The van der Waals surface area contributed by atoms with Crippen LogP contribution < -0.4 is 10.0 Å². The summed E-state index contributed by atoms with van der Waals surface area (Å²) in [5.74, 6) is -0.193. The predicted molar refractivity (Wildman–Crippen MR) is 196 cm³/mol. The minimum atomic E-state index is -4.20. The van der Waals surface area contributed by atoms with Crippen LogP contribution in [0.2, 0.25) is 5.02 Å². The number of rotatable bonds is 11. The molecule has 2 saturated heterocycles. The number of thiazole rings is 1. The number of allylic oxidation sites excluding steroid dienone is 1. The number of halogens is 4. The number of pyridine rings is 1. The number of aromatic nitrogens is 5. The molecule has 0 bridgehead atoms. The van der Waals surface area contributed by atoms with Crippen LogP contribution in [-0.4, -0.2) is 90.5 Å². The molecule has 5 atom stereocenters. The number of hydrogen-bond donors (Lipinski definition) is 4. The van der Waals surface area contributed by atoms with E-state index < -0.39 is 52.5 Å². The molecule has 3 aliphatic heterocycles. The second-order valence-electron chi connectivity index (χ2n) is 13.2. The van der Waals surface area contributed by atoms with Crippen molar-refractivity contribution >= 4 is 44.7 Å². The quantitative estimate of drug-likeness (QED) is 0.122. The van der Waals surface area contributed by atoms with Crippen molar-refractivity contribution in [3.8, 4) is 11.4 Å². The molecule has 0 spiro atoms. The molecule has 4 N–H and O–H groups in total. The van der Waals surface area contributed by atoms with Crippen molar-refractivity contribution in [1.82, 2.24) is 44.2 Å². The van der Waals surface area contributed by atoms with Crippen LogP contribution >= 0.6 is 22.9 Å². The van der Waals surface area contributed by atoms with Crippen LogP contribution in [0.5, 0.6) is 0 Å². The summed E-state index contributed by atoms with van der Waals surface area (Å²) in [4.78, 5) is 15.4. The number of piperidine rings is 1. The van der Waals surface area contributed by atoms with Crippen molar-refractivity contribution in [3.63, 3.8) is 0 Å². The maximum atomic E-state index is 14.2. The molecule has 1 aromatic carbocycles. The zero-order chi connectivity index (χ0) is 38.4. The van der Waals surface area contributed by atoms with Crippen molar-refractivity contribution in [2.45, 2.75) is 69.6 Å². The van der Waals surface area contributed by atoms with Gasteiger partial charge in [0.05, 0.1) is 17.6 Å². The minimum Gasteiger partial charge on any atom is -0.369 e. The maximum Gasteiger partial charge on any atom is 0.312 e. The lowest BCUT2D eigenvalue weighted by molar-refractivity contribution is -0.113. The first-order valence-electron chi connectivity index (χ1n) is 16.8. The number of fused-ring (bicyclic) bond motifs is 1. The maximum absolute atomic E-state index is 14.2. The number of nitrogens with zero attached hydrogens (tertiary/aromatic N) is 8. The van der Waals surface area contributed by atoms with Gasteiger partial charge >= 0.3 is 6.55 Å². The third-order valence-corrected chi connectivity index (χ3v) is 12.5. The third kappa shape index (κ3) is 7.43. The Hall–Kier alpha value is -4.53. The first-order valence-corrected chi connectivity index (χ1v) is 19.5. The fourth-order valence-corrected chi connectivity index (χ4v) is 10.1. The molecule has 20 heteroatoms. The SMILES string of the molecule is CC1C[C@](O)(n2cc(-c3ccccn3)nn2)C[C@H](C)N1S(=O)(=O)N[C@H]1CC2=C(C(=N)/C=C\NC(F)F)[C@H](c3ccc(F)cc3Cl)N=C(c3nccs3)N2C1.